The molecule has 0 aromatic heterocycles. The normalized spacial score (nSPS) is 19.5. The van der Waals surface area contributed by atoms with Crippen molar-refractivity contribution in [2.45, 2.75) is 18.6 Å². The van der Waals surface area contributed by atoms with Crippen molar-refractivity contribution < 1.29 is 22.4 Å². The van der Waals surface area contributed by atoms with Crippen LogP contribution >= 0.6 is 0 Å². The van der Waals surface area contributed by atoms with Crippen molar-refractivity contribution in [1.82, 2.24) is 10.6 Å². The van der Waals surface area contributed by atoms with Crippen LogP contribution in [0.2, 0.25) is 0 Å². The van der Waals surface area contributed by atoms with E-state index in [9.17, 15) is 22.4 Å². The number of halogens is 4. The molecule has 1 unspecified atom stereocenters. The number of alkyl halides is 3. The van der Waals surface area contributed by atoms with Crippen molar-refractivity contribution in [3.8, 4) is 0 Å². The van der Waals surface area contributed by atoms with E-state index < -0.39 is 29.0 Å². The lowest BCUT2D eigenvalue weighted by Crippen LogP contribution is -2.36. The summed E-state index contributed by atoms with van der Waals surface area (Å²) >= 11 is 0. The van der Waals surface area contributed by atoms with E-state index in [1.807, 2.05) is 0 Å². The summed E-state index contributed by atoms with van der Waals surface area (Å²) < 4.78 is 50.9. The van der Waals surface area contributed by atoms with Gasteiger partial charge in [0.15, 0.2) is 0 Å². The van der Waals surface area contributed by atoms with Gasteiger partial charge in [0.25, 0.3) is 5.91 Å². The summed E-state index contributed by atoms with van der Waals surface area (Å²) in [6.07, 6.45) is -3.93. The maximum absolute atomic E-state index is 13.4. The summed E-state index contributed by atoms with van der Waals surface area (Å²) in [7, 11) is 0. The molecule has 1 heterocycles. The van der Waals surface area contributed by atoms with E-state index in [1.54, 1.807) is 0 Å². The van der Waals surface area contributed by atoms with E-state index in [4.69, 9.17) is 0 Å². The van der Waals surface area contributed by atoms with E-state index in [2.05, 4.69) is 10.6 Å². The first-order valence-corrected chi connectivity index (χ1v) is 5.76. The second-order valence-corrected chi connectivity index (χ2v) is 4.36. The van der Waals surface area contributed by atoms with Crippen LogP contribution in [-0.2, 0) is 6.18 Å². The van der Waals surface area contributed by atoms with Crippen molar-refractivity contribution in [3.63, 3.8) is 0 Å². The molecule has 2 rings (SSSR count). The number of carbonyl (C=O) groups excluding carboxylic acids is 1. The first-order chi connectivity index (χ1) is 8.88. The Morgan fingerprint density at radius 1 is 1.37 bits per heavy atom. The maximum Gasteiger partial charge on any atom is 0.416 e. The number of hydrogen-bond donors (Lipinski definition) is 2. The lowest BCUT2D eigenvalue weighted by molar-refractivity contribution is -0.137. The Labute approximate surface area is 107 Å². The Morgan fingerprint density at radius 2 is 2.11 bits per heavy atom. The molecule has 0 bridgehead atoms. The molecule has 19 heavy (non-hydrogen) atoms. The second kappa shape index (κ2) is 5.16. The van der Waals surface area contributed by atoms with Crippen molar-refractivity contribution in [2.24, 2.45) is 0 Å². The predicted octanol–water partition coefficient (Wildman–Crippen LogP) is 1.94. The highest BCUT2D eigenvalue weighted by Crippen LogP contribution is 2.30. The third kappa shape index (κ3) is 3.23. The number of amides is 1. The van der Waals surface area contributed by atoms with E-state index in [-0.39, 0.29) is 6.04 Å². The van der Waals surface area contributed by atoms with Crippen LogP contribution in [0.1, 0.15) is 22.3 Å². The van der Waals surface area contributed by atoms with Gasteiger partial charge in [-0.1, -0.05) is 0 Å². The zero-order valence-corrected chi connectivity index (χ0v) is 9.85. The quantitative estimate of drug-likeness (QED) is 0.810. The average molecular weight is 276 g/mol. The lowest BCUT2D eigenvalue weighted by atomic mass is 10.1. The van der Waals surface area contributed by atoms with Crippen molar-refractivity contribution in [1.29, 1.82) is 0 Å². The number of nitrogens with one attached hydrogen (secondary N) is 2. The van der Waals surface area contributed by atoms with Crippen LogP contribution in [0.3, 0.4) is 0 Å². The fourth-order valence-electron chi connectivity index (χ4n) is 1.92. The minimum absolute atomic E-state index is 0.179. The first-order valence-electron chi connectivity index (χ1n) is 5.76. The van der Waals surface area contributed by atoms with E-state index in [0.29, 0.717) is 31.2 Å². The van der Waals surface area contributed by atoms with Gasteiger partial charge >= 0.3 is 6.18 Å². The Balaban J connectivity index is 2.20. The minimum Gasteiger partial charge on any atom is -0.348 e. The molecule has 1 amide bonds. The molecule has 1 atom stereocenters. The molecular weight excluding hydrogens is 264 g/mol. The SMILES string of the molecule is O=C(NC1CCNC1)c1cc(C(F)(F)F)ccc1F. The van der Waals surface area contributed by atoms with Gasteiger partial charge in [-0.05, 0) is 31.2 Å². The zero-order chi connectivity index (χ0) is 14.0. The molecule has 2 N–H and O–H groups in total. The predicted molar refractivity (Wildman–Crippen MR) is 60.1 cm³/mol. The lowest BCUT2D eigenvalue weighted by Gasteiger charge is -2.13. The Bertz CT molecular complexity index is 481. The highest BCUT2D eigenvalue weighted by Gasteiger charge is 2.32. The molecule has 1 aromatic rings. The summed E-state index contributed by atoms with van der Waals surface area (Å²) in [5.41, 5.74) is -1.62. The molecule has 0 spiro atoms. The summed E-state index contributed by atoms with van der Waals surface area (Å²) in [4.78, 5) is 11.8. The van der Waals surface area contributed by atoms with Gasteiger partial charge in [0.1, 0.15) is 5.82 Å². The average Bonchev–Trinajstić information content (AvgIpc) is 2.80. The first kappa shape index (κ1) is 13.8. The number of hydrogen-bond acceptors (Lipinski definition) is 2. The molecule has 1 aliphatic rings. The molecular formula is C12H12F4N2O. The summed E-state index contributed by atoms with van der Waals surface area (Å²) in [6, 6.07) is 1.63. The Morgan fingerprint density at radius 3 is 2.68 bits per heavy atom. The van der Waals surface area contributed by atoms with Crippen molar-refractivity contribution >= 4 is 5.91 Å². The topological polar surface area (TPSA) is 41.1 Å². The smallest absolute Gasteiger partial charge is 0.348 e. The molecule has 1 fully saturated rings. The molecule has 1 aromatic carbocycles. The number of carbonyl (C=O) groups is 1. The standard InChI is InChI=1S/C12H12F4N2O/c13-10-2-1-7(12(14,15)16)5-9(10)11(19)18-8-3-4-17-6-8/h1-2,5,8,17H,3-4,6H2,(H,18,19). The van der Waals surface area contributed by atoms with E-state index in [0.717, 1.165) is 6.54 Å². The van der Waals surface area contributed by atoms with Gasteiger partial charge in [0.05, 0.1) is 11.1 Å². The fraction of sp³-hybridized carbons (Fsp3) is 0.417. The van der Waals surface area contributed by atoms with Crippen molar-refractivity contribution in [3.05, 3.63) is 35.1 Å². The molecule has 7 heteroatoms. The van der Waals surface area contributed by atoms with Gasteiger partial charge in [-0.15, -0.1) is 0 Å². The van der Waals surface area contributed by atoms with Crippen molar-refractivity contribution in [2.75, 3.05) is 13.1 Å². The maximum atomic E-state index is 13.4. The van der Waals surface area contributed by atoms with E-state index in [1.165, 1.54) is 0 Å². The minimum atomic E-state index is -4.60. The van der Waals surface area contributed by atoms with Gasteiger partial charge < -0.3 is 10.6 Å². The number of benzene rings is 1. The zero-order valence-electron chi connectivity index (χ0n) is 9.85. The highest BCUT2D eigenvalue weighted by atomic mass is 19.4. The van der Waals surface area contributed by atoms with Crippen LogP contribution in [0, 0.1) is 5.82 Å². The van der Waals surface area contributed by atoms with E-state index >= 15 is 0 Å². The molecule has 0 radical (unpaired) electrons. The molecule has 1 saturated heterocycles. The van der Waals surface area contributed by atoms with Crippen LogP contribution in [0.25, 0.3) is 0 Å². The van der Waals surface area contributed by atoms with Gasteiger partial charge in [0.2, 0.25) is 0 Å². The van der Waals surface area contributed by atoms with Crippen LogP contribution in [0.5, 0.6) is 0 Å². The molecule has 1 aliphatic heterocycles. The molecule has 104 valence electrons. The molecule has 0 saturated carbocycles. The third-order valence-corrected chi connectivity index (χ3v) is 2.93. The summed E-state index contributed by atoms with van der Waals surface area (Å²) in [5.74, 6) is -1.78. The Hall–Kier alpha value is -1.63. The van der Waals surface area contributed by atoms with Crippen LogP contribution < -0.4 is 10.6 Å². The number of rotatable bonds is 2. The van der Waals surface area contributed by atoms with Crippen LogP contribution in [0.4, 0.5) is 17.6 Å². The fourth-order valence-corrected chi connectivity index (χ4v) is 1.92. The monoisotopic (exact) mass is 276 g/mol. The summed E-state index contributed by atoms with van der Waals surface area (Å²) in [5, 5.41) is 5.50. The highest BCUT2D eigenvalue weighted by molar-refractivity contribution is 5.94. The molecule has 3 nitrogen and oxygen atoms in total. The summed E-state index contributed by atoms with van der Waals surface area (Å²) in [6.45, 7) is 1.25. The molecule has 0 aliphatic carbocycles. The van der Waals surface area contributed by atoms with Gasteiger partial charge in [-0.2, -0.15) is 13.2 Å². The van der Waals surface area contributed by atoms with Gasteiger partial charge in [0, 0.05) is 12.6 Å². The van der Waals surface area contributed by atoms with Crippen LogP contribution in [-0.4, -0.2) is 25.0 Å². The van der Waals surface area contributed by atoms with Crippen LogP contribution in [0.15, 0.2) is 18.2 Å². The third-order valence-electron chi connectivity index (χ3n) is 2.93. The van der Waals surface area contributed by atoms with Gasteiger partial charge in [-0.25, -0.2) is 4.39 Å². The largest absolute Gasteiger partial charge is 0.416 e. The second-order valence-electron chi connectivity index (χ2n) is 4.36. The van der Waals surface area contributed by atoms with Gasteiger partial charge in [-0.3, -0.25) is 4.79 Å². The Kier molecular flexibility index (Phi) is 3.75.